The molecule has 0 fully saturated rings. The molecule has 0 heterocycles. The topological polar surface area (TPSA) is 67.4 Å². The third kappa shape index (κ3) is 7.82. The first-order valence-corrected chi connectivity index (χ1v) is 8.62. The van der Waals surface area contributed by atoms with E-state index in [1.165, 1.54) is 0 Å². The molecule has 1 aromatic rings. The Balaban J connectivity index is 2.48. The highest BCUT2D eigenvalue weighted by atomic mass is 32.2. The number of hydrogen-bond donors (Lipinski definition) is 2. The van der Waals surface area contributed by atoms with Gasteiger partial charge in [0, 0.05) is 41.6 Å². The number of unbranched alkanes of at least 4 members (excludes halogenated alkanes) is 1. The number of carbonyl (C=O) groups is 1. The van der Waals surface area contributed by atoms with E-state index in [0.29, 0.717) is 30.3 Å². The molecule has 0 saturated heterocycles. The second-order valence-corrected chi connectivity index (χ2v) is 6.29. The van der Waals surface area contributed by atoms with Crippen molar-refractivity contribution in [1.82, 2.24) is 5.32 Å². The summed E-state index contributed by atoms with van der Waals surface area (Å²) < 4.78 is 16.7. The molecule has 1 aromatic carbocycles. The zero-order valence-electron chi connectivity index (χ0n) is 12.7. The van der Waals surface area contributed by atoms with Crippen LogP contribution in [0.25, 0.3) is 0 Å². The smallest absolute Gasteiger partial charge is 0.319 e. The van der Waals surface area contributed by atoms with E-state index in [4.69, 9.17) is 4.74 Å². The van der Waals surface area contributed by atoms with Crippen molar-refractivity contribution >= 4 is 22.5 Å². The summed E-state index contributed by atoms with van der Waals surface area (Å²) >= 11 is 0. The van der Waals surface area contributed by atoms with Crippen LogP contribution in [0.15, 0.2) is 24.3 Å². The minimum atomic E-state index is -0.951. The van der Waals surface area contributed by atoms with Gasteiger partial charge in [0.25, 0.3) is 0 Å². The van der Waals surface area contributed by atoms with Crippen molar-refractivity contribution < 1.29 is 13.7 Å². The minimum absolute atomic E-state index is 0.207. The summed E-state index contributed by atoms with van der Waals surface area (Å²) in [4.78, 5) is 11.7. The molecule has 5 nitrogen and oxygen atoms in total. The lowest BCUT2D eigenvalue weighted by Gasteiger charge is -2.09. The van der Waals surface area contributed by atoms with Gasteiger partial charge in [-0.3, -0.25) is 4.21 Å². The van der Waals surface area contributed by atoms with Gasteiger partial charge in [0.05, 0.1) is 6.61 Å². The van der Waals surface area contributed by atoms with Crippen LogP contribution in [0.3, 0.4) is 0 Å². The molecule has 0 aliphatic carbocycles. The van der Waals surface area contributed by atoms with Crippen molar-refractivity contribution in [3.8, 4) is 0 Å². The van der Waals surface area contributed by atoms with Crippen LogP contribution in [0, 0.1) is 0 Å². The van der Waals surface area contributed by atoms with Gasteiger partial charge >= 0.3 is 6.03 Å². The molecule has 0 unspecified atom stereocenters. The maximum Gasteiger partial charge on any atom is 0.319 e. The molecule has 0 saturated carbocycles. The second-order valence-electron chi connectivity index (χ2n) is 4.72. The number of amides is 2. The zero-order valence-corrected chi connectivity index (χ0v) is 13.5. The summed E-state index contributed by atoms with van der Waals surface area (Å²) in [5, 5.41) is 5.58. The first-order chi connectivity index (χ1) is 10.2. The summed E-state index contributed by atoms with van der Waals surface area (Å²) in [6.07, 6.45) is 2.01. The largest absolute Gasteiger partial charge is 0.384 e. The van der Waals surface area contributed by atoms with E-state index in [2.05, 4.69) is 17.6 Å². The quantitative estimate of drug-likeness (QED) is 0.688. The summed E-state index contributed by atoms with van der Waals surface area (Å²) in [6, 6.07) is 7.22. The Morgan fingerprint density at radius 3 is 2.90 bits per heavy atom. The molecule has 0 bridgehead atoms. The molecule has 1 rings (SSSR count). The van der Waals surface area contributed by atoms with E-state index in [0.717, 1.165) is 18.4 Å². The highest BCUT2D eigenvalue weighted by Crippen LogP contribution is 2.12. The molecule has 0 aromatic heterocycles. The van der Waals surface area contributed by atoms with Gasteiger partial charge in [-0.15, -0.1) is 0 Å². The molecular formula is C15H24N2O3S. The highest BCUT2D eigenvalue weighted by Gasteiger charge is 2.05. The lowest BCUT2D eigenvalue weighted by atomic mass is 10.2. The average Bonchev–Trinajstić information content (AvgIpc) is 2.45. The fourth-order valence-electron chi connectivity index (χ4n) is 1.73. The van der Waals surface area contributed by atoms with Crippen molar-refractivity contribution in [2.45, 2.75) is 25.5 Å². The van der Waals surface area contributed by atoms with Crippen LogP contribution < -0.4 is 10.6 Å². The standard InChI is InChI=1S/C15H24N2O3S/c1-3-4-8-16-15(18)17-14-7-5-6-13(11-14)12-21(19)10-9-20-2/h5-7,11H,3-4,8-10,12H2,1-2H3,(H2,16,17,18)/t21-/m0/s1. The number of rotatable bonds is 9. The molecule has 6 heteroatoms. The minimum Gasteiger partial charge on any atom is -0.384 e. The van der Waals surface area contributed by atoms with Gasteiger partial charge in [-0.25, -0.2) is 4.79 Å². The molecule has 0 spiro atoms. The van der Waals surface area contributed by atoms with Crippen LogP contribution in [-0.4, -0.2) is 36.3 Å². The van der Waals surface area contributed by atoms with Crippen molar-refractivity contribution in [1.29, 1.82) is 0 Å². The maximum absolute atomic E-state index is 11.8. The first-order valence-electron chi connectivity index (χ1n) is 7.13. The molecule has 0 aliphatic rings. The fourth-order valence-corrected chi connectivity index (χ4v) is 2.78. The number of ether oxygens (including phenoxy) is 1. The molecule has 0 radical (unpaired) electrons. The van der Waals surface area contributed by atoms with Gasteiger partial charge in [0.1, 0.15) is 0 Å². The monoisotopic (exact) mass is 312 g/mol. The lowest BCUT2D eigenvalue weighted by molar-refractivity contribution is 0.218. The summed E-state index contributed by atoms with van der Waals surface area (Å²) in [5.41, 5.74) is 1.65. The van der Waals surface area contributed by atoms with Crippen LogP contribution >= 0.6 is 0 Å². The van der Waals surface area contributed by atoms with E-state index in [9.17, 15) is 9.00 Å². The Morgan fingerprint density at radius 1 is 1.38 bits per heavy atom. The van der Waals surface area contributed by atoms with Crippen LogP contribution in [0.5, 0.6) is 0 Å². The molecule has 0 aliphatic heterocycles. The van der Waals surface area contributed by atoms with Gasteiger partial charge in [-0.1, -0.05) is 25.5 Å². The van der Waals surface area contributed by atoms with Gasteiger partial charge in [-0.2, -0.15) is 0 Å². The van der Waals surface area contributed by atoms with Crippen LogP contribution in [-0.2, 0) is 21.3 Å². The Bertz CT molecular complexity index is 466. The number of carbonyl (C=O) groups excluding carboxylic acids is 1. The van der Waals surface area contributed by atoms with E-state index in [1.807, 2.05) is 24.3 Å². The Hall–Kier alpha value is -1.40. The fraction of sp³-hybridized carbons (Fsp3) is 0.533. The summed E-state index contributed by atoms with van der Waals surface area (Å²) in [7, 11) is 0.645. The number of methoxy groups -OCH3 is 1. The second kappa shape index (κ2) is 10.3. The Kier molecular flexibility index (Phi) is 8.69. The normalized spacial score (nSPS) is 11.9. The van der Waals surface area contributed by atoms with Gasteiger partial charge in [0.2, 0.25) is 0 Å². The van der Waals surface area contributed by atoms with E-state index >= 15 is 0 Å². The summed E-state index contributed by atoms with van der Waals surface area (Å²) in [5.74, 6) is 0.988. The lowest BCUT2D eigenvalue weighted by Crippen LogP contribution is -2.29. The number of hydrogen-bond acceptors (Lipinski definition) is 3. The van der Waals surface area contributed by atoms with Crippen LogP contribution in [0.2, 0.25) is 0 Å². The third-order valence-electron chi connectivity index (χ3n) is 2.84. The van der Waals surface area contributed by atoms with E-state index in [1.54, 1.807) is 7.11 Å². The molecule has 1 atom stereocenters. The first kappa shape index (κ1) is 17.7. The van der Waals surface area contributed by atoms with Gasteiger partial charge < -0.3 is 15.4 Å². The number of benzene rings is 1. The van der Waals surface area contributed by atoms with E-state index in [-0.39, 0.29) is 6.03 Å². The molecule has 2 N–H and O–H groups in total. The molecule has 21 heavy (non-hydrogen) atoms. The average molecular weight is 312 g/mol. The third-order valence-corrected chi connectivity index (χ3v) is 4.12. The molecule has 2 amide bonds. The van der Waals surface area contributed by atoms with Crippen molar-refractivity contribution in [2.75, 3.05) is 31.3 Å². The predicted octanol–water partition coefficient (Wildman–Crippen LogP) is 2.50. The number of urea groups is 1. The van der Waals surface area contributed by atoms with Crippen molar-refractivity contribution in [3.63, 3.8) is 0 Å². The molecular weight excluding hydrogens is 288 g/mol. The van der Waals surface area contributed by atoms with E-state index < -0.39 is 10.8 Å². The molecule has 118 valence electrons. The van der Waals surface area contributed by atoms with Crippen molar-refractivity contribution in [3.05, 3.63) is 29.8 Å². The summed E-state index contributed by atoms with van der Waals surface area (Å²) in [6.45, 7) is 3.24. The predicted molar refractivity (Wildman–Crippen MR) is 87.0 cm³/mol. The highest BCUT2D eigenvalue weighted by molar-refractivity contribution is 7.84. The number of nitrogens with one attached hydrogen (secondary N) is 2. The zero-order chi connectivity index (χ0) is 15.5. The van der Waals surface area contributed by atoms with Gasteiger partial charge in [-0.05, 0) is 24.1 Å². The van der Waals surface area contributed by atoms with Gasteiger partial charge in [0.15, 0.2) is 0 Å². The van der Waals surface area contributed by atoms with Crippen molar-refractivity contribution in [2.24, 2.45) is 0 Å². The number of anilines is 1. The van der Waals surface area contributed by atoms with Crippen LogP contribution in [0.4, 0.5) is 10.5 Å². The Morgan fingerprint density at radius 2 is 2.19 bits per heavy atom. The van der Waals surface area contributed by atoms with Crippen LogP contribution in [0.1, 0.15) is 25.3 Å². The maximum atomic E-state index is 11.8. The Labute approximate surface area is 128 Å². The SMILES string of the molecule is CCCCNC(=O)Nc1cccc(C[S@@](=O)CCOC)c1.